The summed E-state index contributed by atoms with van der Waals surface area (Å²) in [5, 5.41) is 10.5. The first-order valence-electron chi connectivity index (χ1n) is 12.5. The summed E-state index contributed by atoms with van der Waals surface area (Å²) in [5.41, 5.74) is 3.43. The highest BCUT2D eigenvalue weighted by Crippen LogP contribution is 2.41. The Morgan fingerprint density at radius 3 is 2.33 bits per heavy atom. The number of nitrogens with zero attached hydrogens (tertiary/aromatic N) is 2. The molecule has 1 saturated carbocycles. The van der Waals surface area contributed by atoms with E-state index in [0.29, 0.717) is 16.8 Å². The van der Waals surface area contributed by atoms with Crippen LogP contribution in [0.2, 0.25) is 0 Å². The second-order valence-electron chi connectivity index (χ2n) is 9.96. The fourth-order valence-electron chi connectivity index (χ4n) is 4.92. The van der Waals surface area contributed by atoms with Crippen LogP contribution in [0.15, 0.2) is 59.0 Å². The van der Waals surface area contributed by atoms with Crippen LogP contribution >= 0.6 is 11.3 Å². The van der Waals surface area contributed by atoms with Crippen LogP contribution in [0.5, 0.6) is 0 Å². The molecule has 0 atom stereocenters. The van der Waals surface area contributed by atoms with Crippen molar-refractivity contribution in [3.8, 4) is 21.9 Å². The van der Waals surface area contributed by atoms with Crippen molar-refractivity contribution in [2.45, 2.75) is 52.5 Å². The van der Waals surface area contributed by atoms with Crippen LogP contribution in [-0.4, -0.2) is 28.0 Å². The first-order chi connectivity index (χ1) is 17.3. The van der Waals surface area contributed by atoms with Gasteiger partial charge in [0, 0.05) is 22.4 Å². The minimum absolute atomic E-state index is 0.0408. The average molecular weight is 503 g/mol. The lowest BCUT2D eigenvalue weighted by Crippen LogP contribution is -2.42. The van der Waals surface area contributed by atoms with Gasteiger partial charge in [-0.05, 0) is 81.3 Å². The van der Waals surface area contributed by atoms with Crippen LogP contribution in [-0.2, 0) is 4.79 Å². The molecule has 186 valence electrons. The zero-order valence-electron chi connectivity index (χ0n) is 20.7. The first kappa shape index (κ1) is 24.3. The van der Waals surface area contributed by atoms with Crippen molar-refractivity contribution in [3.63, 3.8) is 0 Å². The number of hydrogen-bond donors (Lipinski definition) is 1. The molecule has 2 aromatic heterocycles. The highest BCUT2D eigenvalue weighted by molar-refractivity contribution is 7.20. The van der Waals surface area contributed by atoms with Crippen molar-refractivity contribution >= 4 is 39.3 Å². The molecule has 0 unspecified atom stereocenters. The van der Waals surface area contributed by atoms with E-state index in [4.69, 9.17) is 4.42 Å². The Balaban J connectivity index is 1.46. The van der Waals surface area contributed by atoms with Crippen LogP contribution in [0.1, 0.15) is 56.8 Å². The zero-order valence-corrected chi connectivity index (χ0v) is 21.5. The van der Waals surface area contributed by atoms with Gasteiger partial charge in [-0.1, -0.05) is 31.2 Å². The van der Waals surface area contributed by atoms with Crippen molar-refractivity contribution < 1.29 is 19.1 Å². The first-order valence-corrected chi connectivity index (χ1v) is 13.3. The Bertz CT molecular complexity index is 1360. The topological polar surface area (TPSA) is 83.6 Å². The molecule has 1 aliphatic carbocycles. The average Bonchev–Trinajstić information content (AvgIpc) is 3.49. The second kappa shape index (κ2) is 9.90. The minimum Gasteiger partial charge on any atom is -0.478 e. The number of rotatable bonds is 6. The van der Waals surface area contributed by atoms with Gasteiger partial charge in [-0.3, -0.25) is 4.79 Å². The number of hydrogen-bond acceptors (Lipinski definition) is 5. The predicted octanol–water partition coefficient (Wildman–Crippen LogP) is 7.49. The van der Waals surface area contributed by atoms with Gasteiger partial charge in [-0.25, -0.2) is 9.78 Å². The molecular formula is C29H30N2O4S. The number of aromatic carboxylic acids is 1. The number of thiophene rings is 1. The van der Waals surface area contributed by atoms with E-state index in [9.17, 15) is 14.7 Å². The fourth-order valence-corrected chi connectivity index (χ4v) is 6.22. The lowest BCUT2D eigenvalue weighted by molar-refractivity contribution is -0.123. The van der Waals surface area contributed by atoms with Gasteiger partial charge in [-0.2, -0.15) is 0 Å². The maximum absolute atomic E-state index is 13.6. The maximum atomic E-state index is 13.6. The SMILES string of the molecule is CC1CCC(C(=O)N(c2sc(-c3ccc(-c4nc5ccccc5o4)cc3)cc2C(=O)O)C(C)C)CC1. The van der Waals surface area contributed by atoms with E-state index in [1.165, 1.54) is 11.3 Å². The van der Waals surface area contributed by atoms with E-state index < -0.39 is 5.97 Å². The van der Waals surface area contributed by atoms with Crippen LogP contribution in [0.3, 0.4) is 0 Å². The molecule has 1 aliphatic rings. The quantitative estimate of drug-likeness (QED) is 0.295. The fraction of sp³-hybridized carbons (Fsp3) is 0.345. The van der Waals surface area contributed by atoms with Gasteiger partial charge in [0.2, 0.25) is 11.8 Å². The zero-order chi connectivity index (χ0) is 25.4. The molecule has 2 aromatic carbocycles. The number of carbonyl (C=O) groups excluding carboxylic acids is 1. The molecular weight excluding hydrogens is 472 g/mol. The molecule has 1 amide bonds. The van der Waals surface area contributed by atoms with Gasteiger partial charge in [0.05, 0.1) is 5.56 Å². The summed E-state index contributed by atoms with van der Waals surface area (Å²) in [6.07, 6.45) is 3.80. The molecule has 0 spiro atoms. The van der Waals surface area contributed by atoms with E-state index in [0.717, 1.165) is 52.8 Å². The molecule has 2 heterocycles. The molecule has 0 radical (unpaired) electrons. The van der Waals surface area contributed by atoms with Crippen molar-refractivity contribution in [1.82, 2.24) is 4.98 Å². The summed E-state index contributed by atoms with van der Waals surface area (Å²) in [6.45, 7) is 6.12. The van der Waals surface area contributed by atoms with Crippen LogP contribution in [0, 0.1) is 11.8 Å². The number of fused-ring (bicyclic) bond motifs is 1. The molecule has 0 saturated heterocycles. The molecule has 4 aromatic rings. The predicted molar refractivity (Wildman–Crippen MR) is 143 cm³/mol. The minimum atomic E-state index is -1.02. The number of aromatic nitrogens is 1. The Kier molecular flexibility index (Phi) is 6.67. The maximum Gasteiger partial charge on any atom is 0.338 e. The molecule has 36 heavy (non-hydrogen) atoms. The number of benzene rings is 2. The molecule has 1 fully saturated rings. The number of para-hydroxylation sites is 2. The molecule has 7 heteroatoms. The summed E-state index contributed by atoms with van der Waals surface area (Å²) in [4.78, 5) is 32.8. The lowest BCUT2D eigenvalue weighted by atomic mass is 9.82. The van der Waals surface area contributed by atoms with Crippen molar-refractivity contribution in [1.29, 1.82) is 0 Å². The Morgan fingerprint density at radius 1 is 1.03 bits per heavy atom. The number of carboxylic acids is 1. The molecule has 0 aliphatic heterocycles. The summed E-state index contributed by atoms with van der Waals surface area (Å²) < 4.78 is 5.87. The number of oxazole rings is 1. The molecule has 0 bridgehead atoms. The van der Waals surface area contributed by atoms with Crippen LogP contribution in [0.25, 0.3) is 33.0 Å². The number of carboxylic acid groups (broad SMARTS) is 1. The number of carbonyl (C=O) groups is 2. The summed E-state index contributed by atoms with van der Waals surface area (Å²) in [5.74, 6) is 0.151. The largest absolute Gasteiger partial charge is 0.478 e. The van der Waals surface area contributed by atoms with Gasteiger partial charge in [0.15, 0.2) is 5.58 Å². The number of amides is 1. The number of anilines is 1. The van der Waals surface area contributed by atoms with Crippen molar-refractivity contribution in [2.24, 2.45) is 11.8 Å². The highest BCUT2D eigenvalue weighted by Gasteiger charge is 2.33. The van der Waals surface area contributed by atoms with E-state index in [2.05, 4.69) is 11.9 Å². The highest BCUT2D eigenvalue weighted by atomic mass is 32.1. The van der Waals surface area contributed by atoms with E-state index >= 15 is 0 Å². The smallest absolute Gasteiger partial charge is 0.338 e. The van der Waals surface area contributed by atoms with E-state index in [-0.39, 0.29) is 23.4 Å². The van der Waals surface area contributed by atoms with Crippen molar-refractivity contribution in [2.75, 3.05) is 4.90 Å². The van der Waals surface area contributed by atoms with E-state index in [1.54, 1.807) is 11.0 Å². The third-order valence-corrected chi connectivity index (χ3v) is 8.17. The van der Waals surface area contributed by atoms with Gasteiger partial charge in [0.1, 0.15) is 10.5 Å². The van der Waals surface area contributed by atoms with Gasteiger partial charge >= 0.3 is 5.97 Å². The monoisotopic (exact) mass is 502 g/mol. The van der Waals surface area contributed by atoms with Crippen LogP contribution < -0.4 is 4.90 Å². The second-order valence-corrected chi connectivity index (χ2v) is 11.0. The standard InChI is InChI=1S/C29H30N2O4S/c1-17(2)31(27(32)21-10-8-18(3)9-11-21)28-22(29(33)34)16-25(36-28)19-12-14-20(15-13-19)26-30-23-6-4-5-7-24(23)35-26/h4-7,12-18,21H,8-11H2,1-3H3,(H,33,34). The van der Waals surface area contributed by atoms with Gasteiger partial charge in [0.25, 0.3) is 0 Å². The lowest BCUT2D eigenvalue weighted by Gasteiger charge is -2.33. The van der Waals surface area contributed by atoms with Gasteiger partial charge in [-0.15, -0.1) is 11.3 Å². The Hall–Kier alpha value is -3.45. The Labute approximate surface area is 214 Å². The molecule has 5 rings (SSSR count). The third-order valence-electron chi connectivity index (χ3n) is 6.99. The molecule has 1 N–H and O–H groups in total. The summed E-state index contributed by atoms with van der Waals surface area (Å²) in [7, 11) is 0. The normalized spacial score (nSPS) is 18.0. The third kappa shape index (κ3) is 4.67. The van der Waals surface area contributed by atoms with Gasteiger partial charge < -0.3 is 14.4 Å². The summed E-state index contributed by atoms with van der Waals surface area (Å²) in [6, 6.07) is 16.9. The van der Waals surface area contributed by atoms with Crippen LogP contribution in [0.4, 0.5) is 5.00 Å². The van der Waals surface area contributed by atoms with E-state index in [1.807, 2.05) is 62.4 Å². The summed E-state index contributed by atoms with van der Waals surface area (Å²) >= 11 is 1.36. The molecule has 6 nitrogen and oxygen atoms in total. The Morgan fingerprint density at radius 2 is 1.69 bits per heavy atom. The van der Waals surface area contributed by atoms with Crippen molar-refractivity contribution in [3.05, 3.63) is 60.2 Å².